The lowest BCUT2D eigenvalue weighted by Crippen LogP contribution is -2.31. The number of nitrogens with one attached hydrogen (secondary N) is 1. The molecule has 1 amide bonds. The van der Waals surface area contributed by atoms with Gasteiger partial charge in [0.15, 0.2) is 0 Å². The number of sulfonamides is 1. The predicted octanol–water partition coefficient (Wildman–Crippen LogP) is 2.83. The van der Waals surface area contributed by atoms with E-state index in [1.54, 1.807) is 35.8 Å². The maximum absolute atomic E-state index is 12.4. The molecule has 37 heavy (non-hydrogen) atoms. The van der Waals surface area contributed by atoms with E-state index in [1.165, 1.54) is 21.2 Å². The molecule has 1 aliphatic rings. The number of carboxylic acid groups (broad SMARTS) is 1. The molecule has 0 bridgehead atoms. The van der Waals surface area contributed by atoms with Gasteiger partial charge in [0, 0.05) is 51.1 Å². The number of aliphatic imine (C=N–C) groups is 1. The van der Waals surface area contributed by atoms with Crippen LogP contribution in [0.3, 0.4) is 0 Å². The number of thiophene rings is 1. The summed E-state index contributed by atoms with van der Waals surface area (Å²) in [7, 11) is -0.120. The second kappa shape index (κ2) is 13.5. The normalized spacial score (nSPS) is 13.4. The molecule has 2 heterocycles. The fraction of sp³-hybridized carbons (Fsp3) is 0.435. The quantitative estimate of drug-likeness (QED) is 0.460. The highest BCUT2D eigenvalue weighted by molar-refractivity contribution is 7.89. The summed E-state index contributed by atoms with van der Waals surface area (Å²) in [5.74, 6) is -1.79. The molecule has 0 unspecified atom stereocenters. The summed E-state index contributed by atoms with van der Waals surface area (Å²) in [6.07, 6.45) is -3.49. The highest BCUT2D eigenvalue weighted by Crippen LogP contribution is 2.18. The Hall–Kier alpha value is -2.97. The molecule has 0 fully saturated rings. The second-order valence-corrected chi connectivity index (χ2v) is 10.9. The minimum atomic E-state index is -5.08. The van der Waals surface area contributed by atoms with E-state index in [1.807, 2.05) is 0 Å². The lowest BCUT2D eigenvalue weighted by atomic mass is 10.1. The van der Waals surface area contributed by atoms with Gasteiger partial charge in [-0.2, -0.15) is 24.5 Å². The largest absolute Gasteiger partial charge is 0.490 e. The van der Waals surface area contributed by atoms with Crippen molar-refractivity contribution in [3.8, 4) is 0 Å². The van der Waals surface area contributed by atoms with Crippen LogP contribution in [0, 0.1) is 0 Å². The number of aliphatic carboxylic acids is 1. The van der Waals surface area contributed by atoms with Crippen LogP contribution in [0.5, 0.6) is 0 Å². The van der Waals surface area contributed by atoms with E-state index in [0.717, 1.165) is 30.9 Å². The Bertz CT molecular complexity index is 1170. The van der Waals surface area contributed by atoms with Crippen molar-refractivity contribution < 1.29 is 36.3 Å². The summed E-state index contributed by atoms with van der Waals surface area (Å²) in [6, 6.07) is 9.84. The van der Waals surface area contributed by atoms with Crippen LogP contribution in [-0.2, 0) is 26.0 Å². The van der Waals surface area contributed by atoms with Crippen molar-refractivity contribution in [1.29, 1.82) is 0 Å². The van der Waals surface area contributed by atoms with Gasteiger partial charge in [0.1, 0.15) is 5.84 Å². The number of hydrogen-bond acceptors (Lipinski definition) is 7. The first-order valence-corrected chi connectivity index (χ1v) is 13.6. The van der Waals surface area contributed by atoms with E-state index >= 15 is 0 Å². The molecular formula is C23H29F3N4O5S2. The Kier molecular flexibility index (Phi) is 11.1. The van der Waals surface area contributed by atoms with Crippen LogP contribution in [0.25, 0.3) is 0 Å². The number of amides is 1. The molecule has 204 valence electrons. The van der Waals surface area contributed by atoms with Crippen molar-refractivity contribution in [2.45, 2.75) is 30.3 Å². The molecule has 1 aromatic carbocycles. The number of amidine groups is 1. The highest BCUT2D eigenvalue weighted by Gasteiger charge is 2.38. The molecule has 9 nitrogen and oxygen atoms in total. The molecule has 3 rings (SSSR count). The number of nitrogens with zero attached hydrogens (tertiary/aromatic N) is 3. The van der Waals surface area contributed by atoms with Crippen molar-refractivity contribution >= 4 is 39.1 Å². The number of benzene rings is 1. The van der Waals surface area contributed by atoms with Gasteiger partial charge in [-0.25, -0.2) is 17.5 Å². The summed E-state index contributed by atoms with van der Waals surface area (Å²) in [5, 5.41) is 13.7. The van der Waals surface area contributed by atoms with Crippen LogP contribution < -0.4 is 5.32 Å². The van der Waals surface area contributed by atoms with Crippen LogP contribution in [-0.4, -0.2) is 86.9 Å². The summed E-state index contributed by atoms with van der Waals surface area (Å²) in [6.45, 7) is 2.65. The van der Waals surface area contributed by atoms with E-state index < -0.39 is 22.2 Å². The lowest BCUT2D eigenvalue weighted by Gasteiger charge is -2.19. The fourth-order valence-corrected chi connectivity index (χ4v) is 5.41. The minimum Gasteiger partial charge on any atom is -0.475 e. The second-order valence-electron chi connectivity index (χ2n) is 8.11. The smallest absolute Gasteiger partial charge is 0.475 e. The molecule has 2 aromatic rings. The molecule has 0 atom stereocenters. The van der Waals surface area contributed by atoms with Gasteiger partial charge in [0.25, 0.3) is 0 Å². The number of likely N-dealkylation sites (N-methyl/N-ethyl adjacent to an activating group) is 1. The SMILES string of the molecule is CN(CCc1ccc(C2=NCCN2)cc1)C(=O)CCCN(C)S(=O)(=O)c1ccsc1.O=C(O)C(F)(F)F. The van der Waals surface area contributed by atoms with Crippen molar-refractivity contribution in [2.75, 3.05) is 40.3 Å². The van der Waals surface area contributed by atoms with E-state index in [0.29, 0.717) is 30.8 Å². The molecule has 1 aliphatic heterocycles. The van der Waals surface area contributed by atoms with Gasteiger partial charge in [0.2, 0.25) is 15.9 Å². The molecule has 0 spiro atoms. The maximum Gasteiger partial charge on any atom is 0.490 e. The van der Waals surface area contributed by atoms with Crippen molar-refractivity contribution in [3.63, 3.8) is 0 Å². The molecule has 2 N–H and O–H groups in total. The Labute approximate surface area is 217 Å². The zero-order chi connectivity index (χ0) is 27.6. The Balaban J connectivity index is 0.000000604. The minimum absolute atomic E-state index is 0.0254. The zero-order valence-corrected chi connectivity index (χ0v) is 22.0. The molecule has 14 heteroatoms. The van der Waals surface area contributed by atoms with Gasteiger partial charge < -0.3 is 15.3 Å². The molecule has 1 aromatic heterocycles. The van der Waals surface area contributed by atoms with Gasteiger partial charge in [0.05, 0.1) is 11.4 Å². The Morgan fingerprint density at radius 2 is 1.78 bits per heavy atom. The zero-order valence-electron chi connectivity index (χ0n) is 20.4. The number of carbonyl (C=O) groups excluding carboxylic acids is 1. The van der Waals surface area contributed by atoms with Crippen LogP contribution in [0.4, 0.5) is 13.2 Å². The average molecular weight is 563 g/mol. The maximum atomic E-state index is 12.4. The first-order chi connectivity index (χ1) is 17.3. The van der Waals surface area contributed by atoms with Crippen LogP contribution in [0.2, 0.25) is 0 Å². The monoisotopic (exact) mass is 562 g/mol. The third kappa shape index (κ3) is 9.44. The van der Waals surface area contributed by atoms with E-state index in [4.69, 9.17) is 9.90 Å². The van der Waals surface area contributed by atoms with Crippen molar-refractivity contribution in [3.05, 3.63) is 52.2 Å². The lowest BCUT2D eigenvalue weighted by molar-refractivity contribution is -0.192. The molecule has 0 aliphatic carbocycles. The van der Waals surface area contributed by atoms with Gasteiger partial charge in [-0.3, -0.25) is 9.79 Å². The van der Waals surface area contributed by atoms with Crippen molar-refractivity contribution in [2.24, 2.45) is 4.99 Å². The van der Waals surface area contributed by atoms with Gasteiger partial charge >= 0.3 is 12.1 Å². The summed E-state index contributed by atoms with van der Waals surface area (Å²) < 4.78 is 57.8. The molecular weight excluding hydrogens is 533 g/mol. The first kappa shape index (κ1) is 30.3. The topological polar surface area (TPSA) is 119 Å². The van der Waals surface area contributed by atoms with Crippen LogP contribution >= 0.6 is 11.3 Å². The number of hydrogen-bond donors (Lipinski definition) is 2. The fourth-order valence-electron chi connectivity index (χ4n) is 3.18. The van der Waals surface area contributed by atoms with Crippen LogP contribution in [0.15, 0.2) is 51.0 Å². The van der Waals surface area contributed by atoms with E-state index in [-0.39, 0.29) is 5.91 Å². The summed E-state index contributed by atoms with van der Waals surface area (Å²) in [5.41, 5.74) is 2.25. The Morgan fingerprint density at radius 1 is 1.14 bits per heavy atom. The standard InChI is InChI=1S/C21H28N4O3S2.C2HF3O2/c1-24(14-9-17-5-7-18(8-6-17)21-22-11-12-23-21)20(26)4-3-13-25(2)30(27,28)19-10-15-29-16-19;3-2(4,5)1(6)7/h5-8,10,15-16H,3-4,9,11-14H2,1-2H3,(H,22,23);(H,6,7). The third-order valence-corrected chi connectivity index (χ3v) is 8.06. The number of carboxylic acids is 1. The Morgan fingerprint density at radius 3 is 2.30 bits per heavy atom. The molecule has 0 saturated heterocycles. The number of carbonyl (C=O) groups is 2. The van der Waals surface area contributed by atoms with Crippen LogP contribution in [0.1, 0.15) is 24.0 Å². The summed E-state index contributed by atoms with van der Waals surface area (Å²) >= 11 is 1.35. The third-order valence-electron chi connectivity index (χ3n) is 5.37. The number of alkyl halides is 3. The van der Waals surface area contributed by atoms with E-state index in [2.05, 4.69) is 34.6 Å². The van der Waals surface area contributed by atoms with Crippen molar-refractivity contribution in [1.82, 2.24) is 14.5 Å². The average Bonchev–Trinajstić information content (AvgIpc) is 3.57. The van der Waals surface area contributed by atoms with Gasteiger partial charge in [-0.1, -0.05) is 24.3 Å². The summed E-state index contributed by atoms with van der Waals surface area (Å²) in [4.78, 5) is 27.7. The highest BCUT2D eigenvalue weighted by atomic mass is 32.2. The number of halogens is 3. The van der Waals surface area contributed by atoms with Gasteiger partial charge in [-0.05, 0) is 29.9 Å². The molecule has 0 radical (unpaired) electrons. The van der Waals surface area contributed by atoms with Gasteiger partial charge in [-0.15, -0.1) is 0 Å². The molecule has 0 saturated carbocycles. The van der Waals surface area contributed by atoms with E-state index in [9.17, 15) is 26.4 Å². The first-order valence-electron chi connectivity index (χ1n) is 11.2. The predicted molar refractivity (Wildman–Crippen MR) is 134 cm³/mol. The number of rotatable bonds is 10.